The highest BCUT2D eigenvalue weighted by atomic mass is 127. The van der Waals surface area contributed by atoms with E-state index in [4.69, 9.17) is 16.6 Å². The van der Waals surface area contributed by atoms with E-state index in [1.165, 1.54) is 18.2 Å². The van der Waals surface area contributed by atoms with Crippen LogP contribution < -0.4 is 10.6 Å². The van der Waals surface area contributed by atoms with Gasteiger partial charge >= 0.3 is 0 Å². The highest BCUT2D eigenvalue weighted by molar-refractivity contribution is 14.1. The topological polar surface area (TPSA) is 110 Å². The molecule has 0 saturated carbocycles. The van der Waals surface area contributed by atoms with Crippen LogP contribution in [0.15, 0.2) is 59.1 Å². The van der Waals surface area contributed by atoms with Crippen LogP contribution >= 0.6 is 34.8 Å². The van der Waals surface area contributed by atoms with E-state index >= 15 is 0 Å². The number of rotatable bonds is 4. The molecule has 0 fully saturated rings. The zero-order valence-electron chi connectivity index (χ0n) is 13.5. The molecule has 0 unspecified atom stereocenters. The Bertz CT molecular complexity index is 1020. The molecule has 10 heteroatoms. The molecule has 8 nitrogen and oxygen atoms in total. The first-order valence-electron chi connectivity index (χ1n) is 7.51. The molecular weight excluding hydrogens is 483 g/mol. The number of furan rings is 1. The first kappa shape index (κ1) is 18.9. The molecule has 0 aliphatic heterocycles. The number of halogens is 1. The number of carbonyl (C=O) groups is 1. The molecule has 2 N–H and O–H groups in total. The maximum Gasteiger partial charge on any atom is 0.293 e. The van der Waals surface area contributed by atoms with Gasteiger partial charge in [-0.2, -0.15) is 0 Å². The van der Waals surface area contributed by atoms with E-state index < -0.39 is 10.8 Å². The predicted molar refractivity (Wildman–Crippen MR) is 111 cm³/mol. The summed E-state index contributed by atoms with van der Waals surface area (Å²) in [6.45, 7) is 0. The standard InChI is InChI=1S/C17H11IN4O4S/c18-10-5-8-15(19-9-10)20-17(27)21-16(23)14-7-6-13(26-14)11-3-1-2-4-12(11)22(24)25/h1-9H,(H2,19,20,21,23,27). The molecular formula is C17H11IN4O4S. The van der Waals surface area contributed by atoms with Gasteiger partial charge in [-0.05, 0) is 65.1 Å². The molecule has 27 heavy (non-hydrogen) atoms. The first-order chi connectivity index (χ1) is 12.9. The number of nitrogens with zero attached hydrogens (tertiary/aromatic N) is 2. The van der Waals surface area contributed by atoms with Gasteiger partial charge in [0.15, 0.2) is 10.9 Å². The van der Waals surface area contributed by atoms with Crippen molar-refractivity contribution in [3.05, 3.63) is 74.2 Å². The highest BCUT2D eigenvalue weighted by Gasteiger charge is 2.19. The van der Waals surface area contributed by atoms with Gasteiger partial charge in [0.2, 0.25) is 0 Å². The summed E-state index contributed by atoms with van der Waals surface area (Å²) in [7, 11) is 0. The van der Waals surface area contributed by atoms with Crippen LogP contribution in [0.2, 0.25) is 0 Å². The number of benzene rings is 1. The van der Waals surface area contributed by atoms with Crippen LogP contribution in [0.3, 0.4) is 0 Å². The van der Waals surface area contributed by atoms with Crippen LogP contribution in [0.5, 0.6) is 0 Å². The van der Waals surface area contributed by atoms with E-state index in [0.29, 0.717) is 5.82 Å². The molecule has 3 rings (SSSR count). The second kappa shape index (κ2) is 8.22. The number of hydrogen-bond donors (Lipinski definition) is 2. The van der Waals surface area contributed by atoms with Crippen LogP contribution in [0, 0.1) is 13.7 Å². The Balaban J connectivity index is 1.71. The molecule has 0 bridgehead atoms. The lowest BCUT2D eigenvalue weighted by molar-refractivity contribution is -0.384. The van der Waals surface area contributed by atoms with E-state index in [-0.39, 0.29) is 27.9 Å². The van der Waals surface area contributed by atoms with Crippen LogP contribution in [-0.2, 0) is 0 Å². The Morgan fingerprint density at radius 1 is 1.19 bits per heavy atom. The number of thiocarbonyl (C=S) groups is 1. The number of anilines is 1. The molecule has 0 saturated heterocycles. The lowest BCUT2D eigenvalue weighted by Crippen LogP contribution is -2.34. The van der Waals surface area contributed by atoms with Crippen molar-refractivity contribution in [2.24, 2.45) is 0 Å². The Hall–Kier alpha value is -2.86. The summed E-state index contributed by atoms with van der Waals surface area (Å²) in [5.41, 5.74) is 0.172. The maximum atomic E-state index is 12.3. The SMILES string of the molecule is O=C(NC(=S)Nc1ccc(I)cn1)c1ccc(-c2ccccc2[N+](=O)[O-])o1. The summed E-state index contributed by atoms with van der Waals surface area (Å²) in [5.74, 6) is 0.0945. The van der Waals surface area contributed by atoms with Crippen molar-refractivity contribution in [1.82, 2.24) is 10.3 Å². The number of nitrogens with one attached hydrogen (secondary N) is 2. The maximum absolute atomic E-state index is 12.3. The zero-order valence-corrected chi connectivity index (χ0v) is 16.5. The third-order valence-corrected chi connectivity index (χ3v) is 4.23. The van der Waals surface area contributed by atoms with Gasteiger partial charge in [0, 0.05) is 15.8 Å². The first-order valence-corrected chi connectivity index (χ1v) is 9.00. The quantitative estimate of drug-likeness (QED) is 0.244. The van der Waals surface area contributed by atoms with Gasteiger partial charge in [-0.3, -0.25) is 20.2 Å². The molecule has 2 aromatic heterocycles. The minimum Gasteiger partial charge on any atom is -0.451 e. The van der Waals surface area contributed by atoms with Gasteiger partial charge in [0.1, 0.15) is 11.6 Å². The Morgan fingerprint density at radius 3 is 2.67 bits per heavy atom. The summed E-state index contributed by atoms with van der Waals surface area (Å²) in [6, 6.07) is 12.6. The molecule has 0 aliphatic carbocycles. The van der Waals surface area contributed by atoms with Crippen molar-refractivity contribution < 1.29 is 14.1 Å². The van der Waals surface area contributed by atoms with Crippen molar-refractivity contribution in [2.75, 3.05) is 5.32 Å². The van der Waals surface area contributed by atoms with Crippen LogP contribution in [0.25, 0.3) is 11.3 Å². The Labute approximate surface area is 172 Å². The van der Waals surface area contributed by atoms with Gasteiger partial charge in [0.25, 0.3) is 11.6 Å². The molecule has 0 spiro atoms. The number of para-hydroxylation sites is 1. The van der Waals surface area contributed by atoms with Crippen LogP contribution in [0.4, 0.5) is 11.5 Å². The van der Waals surface area contributed by atoms with E-state index in [2.05, 4.69) is 38.2 Å². The number of amides is 1. The molecule has 1 aromatic carbocycles. The summed E-state index contributed by atoms with van der Waals surface area (Å²) >= 11 is 7.21. The summed E-state index contributed by atoms with van der Waals surface area (Å²) in [6.07, 6.45) is 1.65. The smallest absolute Gasteiger partial charge is 0.293 e. The van der Waals surface area contributed by atoms with Crippen LogP contribution in [0.1, 0.15) is 10.6 Å². The van der Waals surface area contributed by atoms with Crippen molar-refractivity contribution in [2.45, 2.75) is 0 Å². The van der Waals surface area contributed by atoms with Gasteiger partial charge in [0.05, 0.1) is 10.5 Å². The van der Waals surface area contributed by atoms with Gasteiger partial charge in [-0.1, -0.05) is 12.1 Å². The minimum absolute atomic E-state index is 0.0251. The molecule has 0 atom stereocenters. The summed E-state index contributed by atoms with van der Waals surface area (Å²) < 4.78 is 6.43. The van der Waals surface area contributed by atoms with Crippen molar-refractivity contribution >= 4 is 57.3 Å². The van der Waals surface area contributed by atoms with Gasteiger partial charge in [-0.25, -0.2) is 4.98 Å². The van der Waals surface area contributed by atoms with E-state index in [0.717, 1.165) is 3.57 Å². The molecule has 3 aromatic rings. The molecule has 0 aliphatic rings. The third kappa shape index (κ3) is 4.65. The van der Waals surface area contributed by atoms with E-state index in [1.54, 1.807) is 30.5 Å². The van der Waals surface area contributed by atoms with Gasteiger partial charge in [-0.15, -0.1) is 0 Å². The van der Waals surface area contributed by atoms with Crippen molar-refractivity contribution in [1.29, 1.82) is 0 Å². The minimum atomic E-state index is -0.581. The summed E-state index contributed by atoms with van der Waals surface area (Å²) in [4.78, 5) is 27.0. The van der Waals surface area contributed by atoms with Crippen molar-refractivity contribution in [3.8, 4) is 11.3 Å². The second-order valence-corrected chi connectivity index (χ2v) is 6.86. The zero-order chi connectivity index (χ0) is 19.4. The highest BCUT2D eigenvalue weighted by Crippen LogP contribution is 2.30. The summed E-state index contributed by atoms with van der Waals surface area (Å²) in [5, 5.41) is 16.4. The number of nitro groups is 1. The Morgan fingerprint density at radius 2 is 1.96 bits per heavy atom. The molecule has 1 amide bonds. The number of pyridine rings is 1. The lowest BCUT2D eigenvalue weighted by atomic mass is 10.1. The average Bonchev–Trinajstić information content (AvgIpc) is 3.14. The van der Waals surface area contributed by atoms with Crippen LogP contribution in [-0.4, -0.2) is 20.9 Å². The lowest BCUT2D eigenvalue weighted by Gasteiger charge is -2.07. The molecule has 2 heterocycles. The van der Waals surface area contributed by atoms with E-state index in [1.807, 2.05) is 6.07 Å². The number of nitro benzene ring substituents is 1. The predicted octanol–water partition coefficient (Wildman–Crippen LogP) is 3.98. The number of carbonyl (C=O) groups excluding carboxylic acids is 1. The van der Waals surface area contributed by atoms with Gasteiger partial charge < -0.3 is 9.73 Å². The molecule has 136 valence electrons. The van der Waals surface area contributed by atoms with E-state index in [9.17, 15) is 14.9 Å². The normalized spacial score (nSPS) is 10.3. The average molecular weight is 494 g/mol. The number of hydrogen-bond acceptors (Lipinski definition) is 6. The fourth-order valence-corrected chi connectivity index (χ4v) is 2.72. The monoisotopic (exact) mass is 494 g/mol. The Kier molecular flexibility index (Phi) is 5.76. The molecule has 0 radical (unpaired) electrons. The number of aromatic nitrogens is 1. The van der Waals surface area contributed by atoms with Crippen molar-refractivity contribution in [3.63, 3.8) is 0 Å². The second-order valence-electron chi connectivity index (χ2n) is 5.21. The fraction of sp³-hybridized carbons (Fsp3) is 0. The fourth-order valence-electron chi connectivity index (χ4n) is 2.21. The largest absolute Gasteiger partial charge is 0.451 e. The third-order valence-electron chi connectivity index (χ3n) is 3.39.